The van der Waals surface area contributed by atoms with Crippen molar-refractivity contribution in [2.45, 2.75) is 26.3 Å². The third-order valence-corrected chi connectivity index (χ3v) is 4.28. The van der Waals surface area contributed by atoms with E-state index in [1.54, 1.807) is 6.07 Å². The summed E-state index contributed by atoms with van der Waals surface area (Å²) in [7, 11) is 0. The largest absolute Gasteiger partial charge is 0.381 e. The highest BCUT2D eigenvalue weighted by Crippen LogP contribution is 2.34. The molecule has 0 aromatic heterocycles. The molecular formula is C15H19FN2O. The van der Waals surface area contributed by atoms with Crippen molar-refractivity contribution in [2.24, 2.45) is 5.41 Å². The number of nitrogens with zero attached hydrogens (tertiary/aromatic N) is 1. The Bertz CT molecular complexity index is 509. The summed E-state index contributed by atoms with van der Waals surface area (Å²) in [6.45, 7) is 5.45. The Labute approximate surface area is 112 Å². The van der Waals surface area contributed by atoms with E-state index in [4.69, 9.17) is 10.1 Å². The summed E-state index contributed by atoms with van der Waals surface area (Å²) in [6.07, 6.45) is 2.06. The maximum absolute atomic E-state index is 13.3. The van der Waals surface area contributed by atoms with Crippen LogP contribution in [-0.2, 0) is 11.3 Å². The molecular weight excluding hydrogens is 243 g/mol. The second-order valence-corrected chi connectivity index (χ2v) is 5.93. The second-order valence-electron chi connectivity index (χ2n) is 5.93. The Morgan fingerprint density at radius 2 is 2.11 bits per heavy atom. The van der Waals surface area contributed by atoms with E-state index >= 15 is 0 Å². The zero-order valence-electron chi connectivity index (χ0n) is 11.2. The highest BCUT2D eigenvalue weighted by Gasteiger charge is 2.33. The van der Waals surface area contributed by atoms with Crippen LogP contribution >= 0.6 is 0 Å². The molecule has 1 saturated heterocycles. The van der Waals surface area contributed by atoms with Gasteiger partial charge in [0.15, 0.2) is 0 Å². The van der Waals surface area contributed by atoms with Gasteiger partial charge >= 0.3 is 0 Å². The minimum atomic E-state index is -0.261. The van der Waals surface area contributed by atoms with Crippen LogP contribution in [-0.4, -0.2) is 30.5 Å². The van der Waals surface area contributed by atoms with Gasteiger partial charge in [0.05, 0.1) is 0 Å². The van der Waals surface area contributed by atoms with Gasteiger partial charge in [-0.15, -0.1) is 0 Å². The molecule has 0 amide bonds. The zero-order chi connectivity index (χ0) is 13.5. The molecule has 102 valence electrons. The predicted octanol–water partition coefficient (Wildman–Crippen LogP) is 2.78. The van der Waals surface area contributed by atoms with Crippen LogP contribution in [0.3, 0.4) is 0 Å². The van der Waals surface area contributed by atoms with Gasteiger partial charge in [-0.25, -0.2) is 4.39 Å². The number of fused-ring (bicyclic) bond motifs is 1. The van der Waals surface area contributed by atoms with Crippen LogP contribution in [0.25, 0.3) is 0 Å². The maximum atomic E-state index is 13.3. The van der Waals surface area contributed by atoms with Crippen molar-refractivity contribution in [3.8, 4) is 0 Å². The quantitative estimate of drug-likeness (QED) is 0.889. The highest BCUT2D eigenvalue weighted by molar-refractivity contribution is 6.00. The van der Waals surface area contributed by atoms with Crippen molar-refractivity contribution >= 4 is 5.84 Å². The Kier molecular flexibility index (Phi) is 3.05. The lowest BCUT2D eigenvalue weighted by Gasteiger charge is -2.37. The van der Waals surface area contributed by atoms with Crippen LogP contribution in [0.1, 0.15) is 30.9 Å². The lowest BCUT2D eigenvalue weighted by atomic mass is 9.82. The van der Waals surface area contributed by atoms with Gasteiger partial charge in [0.2, 0.25) is 0 Å². The van der Waals surface area contributed by atoms with Crippen molar-refractivity contribution in [1.82, 2.24) is 4.90 Å². The van der Waals surface area contributed by atoms with E-state index in [1.165, 1.54) is 12.1 Å². The smallest absolute Gasteiger partial charge is 0.128 e. The SMILES string of the molecule is CC1(CN2Cc3ccc(F)cc3C2=N)CCOCC1. The first-order chi connectivity index (χ1) is 9.07. The fraction of sp³-hybridized carbons (Fsp3) is 0.533. The first kappa shape index (κ1) is 12.6. The van der Waals surface area contributed by atoms with Gasteiger partial charge in [-0.1, -0.05) is 13.0 Å². The molecule has 3 rings (SSSR count). The monoisotopic (exact) mass is 262 g/mol. The van der Waals surface area contributed by atoms with Gasteiger partial charge < -0.3 is 9.64 Å². The van der Waals surface area contributed by atoms with E-state index in [0.717, 1.165) is 50.3 Å². The van der Waals surface area contributed by atoms with Crippen molar-refractivity contribution in [2.75, 3.05) is 19.8 Å². The Hall–Kier alpha value is -1.42. The first-order valence-corrected chi connectivity index (χ1v) is 6.77. The number of amidine groups is 1. The number of hydrogen-bond donors (Lipinski definition) is 1. The zero-order valence-corrected chi connectivity index (χ0v) is 11.2. The summed E-state index contributed by atoms with van der Waals surface area (Å²) in [5, 5.41) is 8.22. The van der Waals surface area contributed by atoms with Gasteiger partial charge in [-0.05, 0) is 36.0 Å². The van der Waals surface area contributed by atoms with Crippen molar-refractivity contribution < 1.29 is 9.13 Å². The summed E-state index contributed by atoms with van der Waals surface area (Å²) in [5.74, 6) is 0.199. The fourth-order valence-electron chi connectivity index (χ4n) is 2.98. The number of benzene rings is 1. The molecule has 0 saturated carbocycles. The molecule has 0 spiro atoms. The molecule has 2 aliphatic heterocycles. The van der Waals surface area contributed by atoms with Crippen LogP contribution in [0.2, 0.25) is 0 Å². The molecule has 19 heavy (non-hydrogen) atoms. The van der Waals surface area contributed by atoms with E-state index in [-0.39, 0.29) is 11.2 Å². The standard InChI is InChI=1S/C15H19FN2O/c1-15(4-6-19-7-5-15)10-18-9-11-2-3-12(16)8-13(11)14(18)17/h2-3,8,17H,4-7,9-10H2,1H3. The molecule has 0 radical (unpaired) electrons. The fourth-order valence-corrected chi connectivity index (χ4v) is 2.98. The van der Waals surface area contributed by atoms with E-state index in [2.05, 4.69) is 11.8 Å². The molecule has 0 atom stereocenters. The van der Waals surface area contributed by atoms with Crippen LogP contribution in [0, 0.1) is 16.6 Å². The predicted molar refractivity (Wildman–Crippen MR) is 71.8 cm³/mol. The molecule has 4 heteroatoms. The number of halogens is 1. The third kappa shape index (κ3) is 2.37. The van der Waals surface area contributed by atoms with Crippen LogP contribution in [0.4, 0.5) is 4.39 Å². The van der Waals surface area contributed by atoms with Gasteiger partial charge in [0.25, 0.3) is 0 Å². The van der Waals surface area contributed by atoms with E-state index < -0.39 is 0 Å². The van der Waals surface area contributed by atoms with E-state index in [9.17, 15) is 4.39 Å². The minimum Gasteiger partial charge on any atom is -0.381 e. The topological polar surface area (TPSA) is 36.3 Å². The molecule has 3 nitrogen and oxygen atoms in total. The normalized spacial score (nSPS) is 21.6. The molecule has 1 aromatic carbocycles. The van der Waals surface area contributed by atoms with Gasteiger partial charge in [0.1, 0.15) is 11.7 Å². The lowest BCUT2D eigenvalue weighted by Crippen LogP contribution is -2.39. The molecule has 1 fully saturated rings. The number of rotatable bonds is 2. The summed E-state index contributed by atoms with van der Waals surface area (Å²) < 4.78 is 18.7. The van der Waals surface area contributed by atoms with Gasteiger partial charge in [0, 0.05) is 31.9 Å². The Morgan fingerprint density at radius 3 is 2.84 bits per heavy atom. The van der Waals surface area contributed by atoms with Crippen molar-refractivity contribution in [1.29, 1.82) is 5.41 Å². The summed E-state index contributed by atoms with van der Waals surface area (Å²) in [5.41, 5.74) is 2.00. The minimum absolute atomic E-state index is 0.200. The summed E-state index contributed by atoms with van der Waals surface area (Å²) in [4.78, 5) is 2.06. The Morgan fingerprint density at radius 1 is 1.37 bits per heavy atom. The van der Waals surface area contributed by atoms with Gasteiger partial charge in [-0.3, -0.25) is 5.41 Å². The average molecular weight is 262 g/mol. The second kappa shape index (κ2) is 4.60. The summed E-state index contributed by atoms with van der Waals surface area (Å²) in [6, 6.07) is 4.75. The molecule has 0 unspecified atom stereocenters. The van der Waals surface area contributed by atoms with Gasteiger partial charge in [-0.2, -0.15) is 0 Å². The molecule has 2 aliphatic rings. The van der Waals surface area contributed by atoms with Crippen LogP contribution in [0.5, 0.6) is 0 Å². The van der Waals surface area contributed by atoms with E-state index in [0.29, 0.717) is 5.84 Å². The average Bonchev–Trinajstić information content (AvgIpc) is 2.67. The number of ether oxygens (including phenoxy) is 1. The lowest BCUT2D eigenvalue weighted by molar-refractivity contribution is 0.0139. The highest BCUT2D eigenvalue weighted by atomic mass is 19.1. The molecule has 2 heterocycles. The number of nitrogens with one attached hydrogen (secondary N) is 1. The van der Waals surface area contributed by atoms with Crippen molar-refractivity contribution in [3.05, 3.63) is 35.1 Å². The van der Waals surface area contributed by atoms with Crippen LogP contribution < -0.4 is 0 Å². The number of hydrogen-bond acceptors (Lipinski definition) is 2. The molecule has 1 aromatic rings. The van der Waals surface area contributed by atoms with E-state index in [1.807, 2.05) is 0 Å². The molecule has 0 aliphatic carbocycles. The molecule has 0 bridgehead atoms. The summed E-state index contributed by atoms with van der Waals surface area (Å²) >= 11 is 0. The third-order valence-electron chi connectivity index (χ3n) is 4.28. The van der Waals surface area contributed by atoms with Crippen molar-refractivity contribution in [3.63, 3.8) is 0 Å². The van der Waals surface area contributed by atoms with Crippen LogP contribution in [0.15, 0.2) is 18.2 Å². The maximum Gasteiger partial charge on any atom is 0.128 e. The first-order valence-electron chi connectivity index (χ1n) is 6.77. The Balaban J connectivity index is 1.76. The molecule has 1 N–H and O–H groups in total.